The van der Waals surface area contributed by atoms with E-state index in [0.717, 1.165) is 4.88 Å². The first-order chi connectivity index (χ1) is 10.3. The smallest absolute Gasteiger partial charge is 0.265 e. The van der Waals surface area contributed by atoms with E-state index in [1.165, 1.54) is 11.3 Å². The Morgan fingerprint density at radius 1 is 1.41 bits per heavy atom. The number of thiophene rings is 1. The van der Waals surface area contributed by atoms with Crippen LogP contribution in [0.25, 0.3) is 10.4 Å². The molecule has 0 unspecified atom stereocenters. The van der Waals surface area contributed by atoms with Gasteiger partial charge in [-0.1, -0.05) is 25.9 Å². The van der Waals surface area contributed by atoms with Gasteiger partial charge in [0.25, 0.3) is 5.91 Å². The van der Waals surface area contributed by atoms with Crippen LogP contribution >= 0.6 is 11.3 Å². The molecule has 114 valence electrons. The maximum atomic E-state index is 12.3. The Labute approximate surface area is 132 Å². The van der Waals surface area contributed by atoms with E-state index in [4.69, 9.17) is 5.53 Å². The third-order valence-electron chi connectivity index (χ3n) is 3.04. The van der Waals surface area contributed by atoms with Gasteiger partial charge in [0, 0.05) is 15.5 Å². The summed E-state index contributed by atoms with van der Waals surface area (Å²) in [5.74, 6) is -0.196. The first-order valence-corrected chi connectivity index (χ1v) is 7.56. The van der Waals surface area contributed by atoms with Gasteiger partial charge in [0.05, 0.1) is 22.4 Å². The monoisotopic (exact) mass is 315 g/mol. The Morgan fingerprint density at radius 3 is 2.73 bits per heavy atom. The van der Waals surface area contributed by atoms with Crippen molar-refractivity contribution in [3.63, 3.8) is 0 Å². The van der Waals surface area contributed by atoms with Gasteiger partial charge in [-0.25, -0.2) is 0 Å². The molecule has 0 atom stereocenters. The lowest BCUT2D eigenvalue weighted by Gasteiger charge is -2.15. The lowest BCUT2D eigenvalue weighted by atomic mass is 9.95. The second kappa shape index (κ2) is 6.17. The zero-order valence-electron chi connectivity index (χ0n) is 12.9. The molecule has 2 rings (SSSR count). The minimum Gasteiger partial charge on any atom is -0.320 e. The number of aryl methyl sites for hydroxylation is 1. The molecule has 0 saturated heterocycles. The molecule has 0 saturated carbocycles. The molecule has 0 spiro atoms. The first-order valence-electron chi connectivity index (χ1n) is 6.74. The van der Waals surface area contributed by atoms with E-state index in [2.05, 4.69) is 41.1 Å². The van der Waals surface area contributed by atoms with Gasteiger partial charge in [0.1, 0.15) is 0 Å². The van der Waals surface area contributed by atoms with Crippen molar-refractivity contribution in [1.82, 2.24) is 4.98 Å². The lowest BCUT2D eigenvalue weighted by Crippen LogP contribution is -2.11. The zero-order chi connectivity index (χ0) is 16.3. The number of anilines is 1. The highest BCUT2D eigenvalue weighted by Crippen LogP contribution is 2.30. The number of hydrogen-bond acceptors (Lipinski definition) is 4. The summed E-state index contributed by atoms with van der Waals surface area (Å²) in [6.45, 7) is 8.06. The van der Waals surface area contributed by atoms with Crippen molar-refractivity contribution in [2.75, 3.05) is 5.32 Å². The Balaban J connectivity index is 2.20. The summed E-state index contributed by atoms with van der Waals surface area (Å²) >= 11 is 1.47. The van der Waals surface area contributed by atoms with Gasteiger partial charge >= 0.3 is 0 Å². The summed E-state index contributed by atoms with van der Waals surface area (Å²) in [6.07, 6.45) is 1.54. The van der Waals surface area contributed by atoms with Crippen molar-refractivity contribution in [1.29, 1.82) is 0 Å². The fraction of sp³-hybridized carbons (Fsp3) is 0.333. The van der Waals surface area contributed by atoms with E-state index < -0.39 is 0 Å². The molecule has 0 aromatic carbocycles. The van der Waals surface area contributed by atoms with Crippen LogP contribution in [0.5, 0.6) is 0 Å². The largest absolute Gasteiger partial charge is 0.320 e. The summed E-state index contributed by atoms with van der Waals surface area (Å²) in [6, 6.07) is 5.40. The third kappa shape index (κ3) is 3.63. The van der Waals surface area contributed by atoms with Gasteiger partial charge in [0.2, 0.25) is 0 Å². The zero-order valence-corrected chi connectivity index (χ0v) is 13.7. The van der Waals surface area contributed by atoms with Crippen molar-refractivity contribution in [2.24, 2.45) is 5.11 Å². The molecule has 2 aromatic heterocycles. The highest BCUT2D eigenvalue weighted by atomic mass is 32.1. The van der Waals surface area contributed by atoms with E-state index in [-0.39, 0.29) is 11.3 Å². The SMILES string of the molecule is Cc1ncc(NC(=O)c2ccc(C(C)(C)C)s2)cc1N=[N+]=[N-]. The van der Waals surface area contributed by atoms with Crippen molar-refractivity contribution in [2.45, 2.75) is 33.1 Å². The molecule has 7 heteroatoms. The minimum absolute atomic E-state index is 0.0172. The van der Waals surface area contributed by atoms with Crippen molar-refractivity contribution in [3.05, 3.63) is 50.3 Å². The topological polar surface area (TPSA) is 90.8 Å². The molecule has 1 amide bonds. The molecular formula is C15H17N5OS. The second-order valence-corrected chi connectivity index (χ2v) is 6.97. The van der Waals surface area contributed by atoms with E-state index in [9.17, 15) is 4.79 Å². The van der Waals surface area contributed by atoms with Crippen molar-refractivity contribution in [3.8, 4) is 0 Å². The number of carbonyl (C=O) groups excluding carboxylic acids is 1. The number of nitrogens with zero attached hydrogens (tertiary/aromatic N) is 4. The molecule has 1 N–H and O–H groups in total. The molecule has 22 heavy (non-hydrogen) atoms. The highest BCUT2D eigenvalue weighted by Gasteiger charge is 2.18. The number of carbonyl (C=O) groups is 1. The third-order valence-corrected chi connectivity index (χ3v) is 4.55. The highest BCUT2D eigenvalue weighted by molar-refractivity contribution is 7.14. The summed E-state index contributed by atoms with van der Waals surface area (Å²) in [5.41, 5.74) is 10.1. The van der Waals surface area contributed by atoms with E-state index in [1.807, 2.05) is 12.1 Å². The maximum absolute atomic E-state index is 12.3. The Bertz CT molecular complexity index is 754. The molecule has 2 heterocycles. The van der Waals surface area contributed by atoms with Crippen LogP contribution in [0.2, 0.25) is 0 Å². The molecule has 0 bridgehead atoms. The predicted molar refractivity (Wildman–Crippen MR) is 88.8 cm³/mol. The number of azide groups is 1. The van der Waals surface area contributed by atoms with Gasteiger partial charge < -0.3 is 5.32 Å². The number of aromatic nitrogens is 1. The fourth-order valence-electron chi connectivity index (χ4n) is 1.79. The molecule has 0 radical (unpaired) electrons. The van der Waals surface area contributed by atoms with E-state index in [0.29, 0.717) is 21.9 Å². The Kier molecular flexibility index (Phi) is 4.49. The van der Waals surface area contributed by atoms with Crippen LogP contribution in [-0.4, -0.2) is 10.9 Å². The van der Waals surface area contributed by atoms with Gasteiger partial charge in [0.15, 0.2) is 0 Å². The van der Waals surface area contributed by atoms with Gasteiger partial charge in [-0.15, -0.1) is 11.3 Å². The standard InChI is InChI=1S/C15H17N5OS/c1-9-11(19-20-16)7-10(8-17-9)18-14(21)12-5-6-13(22-12)15(2,3)4/h5-8H,1-4H3,(H,18,21). The Hall–Kier alpha value is -2.37. The number of hydrogen-bond donors (Lipinski definition) is 1. The normalized spacial score (nSPS) is 10.9. The van der Waals surface area contributed by atoms with Gasteiger partial charge in [-0.2, -0.15) is 0 Å². The molecule has 6 nitrogen and oxygen atoms in total. The molecule has 2 aromatic rings. The van der Waals surface area contributed by atoms with E-state index in [1.54, 1.807) is 19.2 Å². The van der Waals surface area contributed by atoms with Crippen molar-refractivity contribution < 1.29 is 4.79 Å². The average molecular weight is 315 g/mol. The van der Waals surface area contributed by atoms with Gasteiger partial charge in [-0.05, 0) is 36.1 Å². The fourth-order valence-corrected chi connectivity index (χ4v) is 2.75. The van der Waals surface area contributed by atoms with Crippen LogP contribution in [0.1, 0.15) is 41.0 Å². The molecule has 0 aliphatic heterocycles. The van der Waals surface area contributed by atoms with Gasteiger partial charge in [-0.3, -0.25) is 9.78 Å². The molecule has 0 fully saturated rings. The quantitative estimate of drug-likeness (QED) is 0.493. The lowest BCUT2D eigenvalue weighted by molar-refractivity contribution is 0.103. The van der Waals surface area contributed by atoms with Crippen LogP contribution < -0.4 is 5.32 Å². The number of amides is 1. The summed E-state index contributed by atoms with van der Waals surface area (Å²) in [4.78, 5) is 20.9. The van der Waals surface area contributed by atoms with Crippen LogP contribution in [0.4, 0.5) is 11.4 Å². The summed E-state index contributed by atoms with van der Waals surface area (Å²) < 4.78 is 0. The summed E-state index contributed by atoms with van der Waals surface area (Å²) in [5, 5.41) is 6.33. The molecule has 0 aliphatic rings. The minimum atomic E-state index is -0.196. The summed E-state index contributed by atoms with van der Waals surface area (Å²) in [7, 11) is 0. The van der Waals surface area contributed by atoms with E-state index >= 15 is 0 Å². The van der Waals surface area contributed by atoms with Crippen LogP contribution in [0.3, 0.4) is 0 Å². The first kappa shape index (κ1) is 16.0. The van der Waals surface area contributed by atoms with Crippen LogP contribution in [0.15, 0.2) is 29.5 Å². The Morgan fingerprint density at radius 2 is 2.14 bits per heavy atom. The second-order valence-electron chi connectivity index (χ2n) is 5.89. The van der Waals surface area contributed by atoms with Crippen LogP contribution in [-0.2, 0) is 5.41 Å². The number of nitrogens with one attached hydrogen (secondary N) is 1. The average Bonchev–Trinajstić information content (AvgIpc) is 2.92. The predicted octanol–water partition coefficient (Wildman–Crippen LogP) is 4.94. The molecule has 0 aliphatic carbocycles. The molecular weight excluding hydrogens is 298 g/mol. The van der Waals surface area contributed by atoms with Crippen molar-refractivity contribution >= 4 is 28.6 Å². The number of pyridine rings is 1. The maximum Gasteiger partial charge on any atom is 0.265 e. The number of rotatable bonds is 3. The van der Waals surface area contributed by atoms with Crippen LogP contribution in [0, 0.1) is 6.92 Å².